The largest absolute Gasteiger partial charge is 0.488 e. The monoisotopic (exact) mass is 356 g/mol. The lowest BCUT2D eigenvalue weighted by molar-refractivity contribution is 0.326. The number of fused-ring (bicyclic) bond motifs is 1. The average Bonchev–Trinajstić information content (AvgIpc) is 2.60. The van der Waals surface area contributed by atoms with Gasteiger partial charge < -0.3 is 19.8 Å². The summed E-state index contributed by atoms with van der Waals surface area (Å²) in [5.41, 5.74) is 3.91. The quantitative estimate of drug-likeness (QED) is 0.676. The van der Waals surface area contributed by atoms with E-state index in [0.29, 0.717) is 17.9 Å². The number of ether oxygens (including phenoxy) is 2. The first-order valence-corrected chi connectivity index (χ1v) is 8.79. The third-order valence-corrected chi connectivity index (χ3v) is 4.17. The number of hydrogen-bond donors (Lipinski definition) is 2. The molecule has 140 valence electrons. The summed E-state index contributed by atoms with van der Waals surface area (Å²) in [5, 5.41) is 3.88. The Bertz CT molecular complexity index is 875. The van der Waals surface area contributed by atoms with Crippen molar-refractivity contribution < 1.29 is 9.47 Å². The van der Waals surface area contributed by atoms with E-state index in [1.165, 1.54) is 18.3 Å². The lowest BCUT2D eigenvalue weighted by Gasteiger charge is -2.13. The predicted molar refractivity (Wildman–Crippen MR) is 109 cm³/mol. The van der Waals surface area contributed by atoms with E-state index in [4.69, 9.17) is 9.47 Å². The van der Waals surface area contributed by atoms with Gasteiger partial charge in [0.05, 0.1) is 12.6 Å². The Morgan fingerprint density at radius 2 is 1.96 bits per heavy atom. The fourth-order valence-corrected chi connectivity index (χ4v) is 2.69. The van der Waals surface area contributed by atoms with Crippen LogP contribution in [-0.2, 0) is 0 Å². The van der Waals surface area contributed by atoms with Crippen LogP contribution in [0.25, 0.3) is 10.9 Å². The first kappa shape index (κ1) is 19.6. The molecule has 0 saturated carbocycles. The zero-order chi connectivity index (χ0) is 19.1. The molecule has 0 atom stereocenters. The Morgan fingerprint density at radius 1 is 1.19 bits per heavy atom. The van der Waals surface area contributed by atoms with Gasteiger partial charge in [0.2, 0.25) is 5.75 Å². The highest BCUT2D eigenvalue weighted by Gasteiger charge is 2.14. The second kappa shape index (κ2) is 9.13. The van der Waals surface area contributed by atoms with Crippen molar-refractivity contribution in [2.75, 3.05) is 26.1 Å². The van der Waals surface area contributed by atoms with Gasteiger partial charge in [-0.2, -0.15) is 0 Å². The first-order valence-electron chi connectivity index (χ1n) is 8.79. The topological polar surface area (TPSA) is 63.4 Å². The van der Waals surface area contributed by atoms with E-state index < -0.39 is 0 Å². The summed E-state index contributed by atoms with van der Waals surface area (Å²) in [4.78, 5) is 15.1. The molecule has 5 nitrogen and oxygen atoms in total. The van der Waals surface area contributed by atoms with Crippen molar-refractivity contribution in [1.82, 2.24) is 4.98 Å². The minimum Gasteiger partial charge on any atom is -0.488 e. The van der Waals surface area contributed by atoms with Gasteiger partial charge in [0.25, 0.3) is 5.56 Å². The molecule has 0 aliphatic heterocycles. The van der Waals surface area contributed by atoms with E-state index in [1.807, 2.05) is 31.3 Å². The van der Waals surface area contributed by atoms with E-state index in [0.717, 1.165) is 23.9 Å². The van der Waals surface area contributed by atoms with Gasteiger partial charge in [-0.15, -0.1) is 0 Å². The number of benzene rings is 1. The SMILES string of the molecule is CNc1ccc2c(OCC=C(C)CCC=C(C)C)c(OC)c(=O)[nH]c2c1. The molecule has 2 aromatic rings. The second-order valence-electron chi connectivity index (χ2n) is 6.51. The maximum Gasteiger partial charge on any atom is 0.294 e. The summed E-state index contributed by atoms with van der Waals surface area (Å²) in [7, 11) is 3.31. The zero-order valence-electron chi connectivity index (χ0n) is 16.2. The van der Waals surface area contributed by atoms with E-state index >= 15 is 0 Å². The molecule has 0 aliphatic rings. The second-order valence-corrected chi connectivity index (χ2v) is 6.51. The van der Waals surface area contributed by atoms with Crippen LogP contribution in [0.1, 0.15) is 33.6 Å². The Morgan fingerprint density at radius 3 is 2.62 bits per heavy atom. The highest BCUT2D eigenvalue weighted by molar-refractivity contribution is 5.89. The smallest absolute Gasteiger partial charge is 0.294 e. The maximum absolute atomic E-state index is 12.3. The molecule has 1 heterocycles. The molecule has 1 aromatic heterocycles. The van der Waals surface area contributed by atoms with Crippen LogP contribution in [0.5, 0.6) is 11.5 Å². The molecule has 1 aromatic carbocycles. The summed E-state index contributed by atoms with van der Waals surface area (Å²) >= 11 is 0. The first-order chi connectivity index (χ1) is 12.5. The Hall–Kier alpha value is -2.69. The van der Waals surface area contributed by atoms with Gasteiger partial charge in [-0.3, -0.25) is 4.79 Å². The molecule has 0 radical (unpaired) electrons. The summed E-state index contributed by atoms with van der Waals surface area (Å²) < 4.78 is 11.2. The molecule has 2 N–H and O–H groups in total. The molecule has 0 saturated heterocycles. The van der Waals surface area contributed by atoms with Crippen LogP contribution in [0.15, 0.2) is 46.3 Å². The molecule has 0 aliphatic carbocycles. The zero-order valence-corrected chi connectivity index (χ0v) is 16.2. The molecule has 5 heteroatoms. The number of rotatable bonds is 8. The maximum atomic E-state index is 12.3. The van der Waals surface area contributed by atoms with Crippen LogP contribution < -0.4 is 20.3 Å². The third-order valence-electron chi connectivity index (χ3n) is 4.17. The molecular formula is C21H28N2O3. The molecule has 2 rings (SSSR count). The van der Waals surface area contributed by atoms with Crippen LogP contribution in [0.2, 0.25) is 0 Å². The Balaban J connectivity index is 2.24. The lowest BCUT2D eigenvalue weighted by Crippen LogP contribution is -2.12. The number of aromatic nitrogens is 1. The lowest BCUT2D eigenvalue weighted by atomic mass is 10.1. The summed E-state index contributed by atoms with van der Waals surface area (Å²) in [6.45, 7) is 6.69. The van der Waals surface area contributed by atoms with E-state index in [2.05, 4.69) is 37.1 Å². The minimum atomic E-state index is -0.299. The number of nitrogens with one attached hydrogen (secondary N) is 2. The number of allylic oxidation sites excluding steroid dienone is 3. The minimum absolute atomic E-state index is 0.199. The van der Waals surface area contributed by atoms with Crippen molar-refractivity contribution in [2.45, 2.75) is 33.6 Å². The van der Waals surface area contributed by atoms with E-state index in [-0.39, 0.29) is 11.3 Å². The van der Waals surface area contributed by atoms with Crippen molar-refractivity contribution in [3.8, 4) is 11.5 Å². The van der Waals surface area contributed by atoms with Crippen molar-refractivity contribution in [3.63, 3.8) is 0 Å². The Kier molecular flexibility index (Phi) is 6.89. The van der Waals surface area contributed by atoms with Crippen LogP contribution in [0.4, 0.5) is 5.69 Å². The van der Waals surface area contributed by atoms with Gasteiger partial charge in [-0.05, 0) is 57.9 Å². The number of aromatic amines is 1. The average molecular weight is 356 g/mol. The van der Waals surface area contributed by atoms with E-state index in [1.54, 1.807) is 0 Å². The number of anilines is 1. The van der Waals surface area contributed by atoms with Crippen LogP contribution in [0, 0.1) is 0 Å². The molecule has 0 fully saturated rings. The van der Waals surface area contributed by atoms with Crippen LogP contribution in [-0.4, -0.2) is 25.7 Å². The summed E-state index contributed by atoms with van der Waals surface area (Å²) in [5.74, 6) is 0.674. The third kappa shape index (κ3) is 4.91. The fraction of sp³-hybridized carbons (Fsp3) is 0.381. The van der Waals surface area contributed by atoms with Gasteiger partial charge in [0, 0.05) is 18.1 Å². The number of hydrogen-bond acceptors (Lipinski definition) is 4. The number of pyridine rings is 1. The van der Waals surface area contributed by atoms with Gasteiger partial charge in [0.1, 0.15) is 6.61 Å². The highest BCUT2D eigenvalue weighted by Crippen LogP contribution is 2.32. The van der Waals surface area contributed by atoms with Crippen molar-refractivity contribution in [3.05, 3.63) is 51.9 Å². The molecule has 26 heavy (non-hydrogen) atoms. The number of H-pyrrole nitrogens is 1. The van der Waals surface area contributed by atoms with E-state index in [9.17, 15) is 4.79 Å². The highest BCUT2D eigenvalue weighted by atomic mass is 16.5. The van der Waals surface area contributed by atoms with Crippen LogP contribution >= 0.6 is 0 Å². The summed E-state index contributed by atoms with van der Waals surface area (Å²) in [6.07, 6.45) is 6.29. The normalized spacial score (nSPS) is 11.3. The standard InChI is InChI=1S/C21H28N2O3/c1-14(2)7-6-8-15(3)11-12-26-19-17-10-9-16(22-4)13-18(17)23-21(24)20(19)25-5/h7,9-11,13,22H,6,8,12H2,1-5H3,(H,23,24). The number of methoxy groups -OCH3 is 1. The van der Waals surface area contributed by atoms with Crippen LogP contribution in [0.3, 0.4) is 0 Å². The fourth-order valence-electron chi connectivity index (χ4n) is 2.69. The molecule has 0 amide bonds. The van der Waals surface area contributed by atoms with Crippen molar-refractivity contribution >= 4 is 16.6 Å². The molecule has 0 spiro atoms. The molecular weight excluding hydrogens is 328 g/mol. The molecule has 0 unspecified atom stereocenters. The van der Waals surface area contributed by atoms with Gasteiger partial charge in [-0.1, -0.05) is 17.2 Å². The van der Waals surface area contributed by atoms with Gasteiger partial charge >= 0.3 is 0 Å². The predicted octanol–water partition coefficient (Wildman–Crippen LogP) is 4.65. The van der Waals surface area contributed by atoms with Gasteiger partial charge in [0.15, 0.2) is 5.75 Å². The van der Waals surface area contributed by atoms with Gasteiger partial charge in [-0.25, -0.2) is 0 Å². The van der Waals surface area contributed by atoms with Crippen molar-refractivity contribution in [2.24, 2.45) is 0 Å². The van der Waals surface area contributed by atoms with Crippen molar-refractivity contribution in [1.29, 1.82) is 0 Å². The Labute approximate surface area is 154 Å². The summed E-state index contributed by atoms with van der Waals surface area (Å²) in [6, 6.07) is 5.73. The molecule has 0 bridgehead atoms.